The Labute approximate surface area is 643 Å². The molecule has 4 aliphatic rings. The lowest BCUT2D eigenvalue weighted by atomic mass is 9.68. The van der Waals surface area contributed by atoms with Gasteiger partial charge < -0.3 is 4.42 Å². The average molecular weight is 1430 g/mol. The minimum atomic E-state index is 0.126. The summed E-state index contributed by atoms with van der Waals surface area (Å²) in [4.78, 5) is 30.1. The molecule has 0 N–H and O–H groups in total. The summed E-state index contributed by atoms with van der Waals surface area (Å²) in [5.41, 5.74) is 29.1. The van der Waals surface area contributed by atoms with Gasteiger partial charge in [0.2, 0.25) is 0 Å². The molecule has 14 aromatic carbocycles. The van der Waals surface area contributed by atoms with Gasteiger partial charge in [0, 0.05) is 75.2 Å². The maximum atomic E-state index is 6.69. The fraction of sp³-hybridized carbons (Fsp3) is 0.118. The van der Waals surface area contributed by atoms with E-state index in [0.717, 1.165) is 66.4 Å². The van der Waals surface area contributed by atoms with Crippen molar-refractivity contribution in [2.75, 3.05) is 0 Å². The minimum Gasteiger partial charge on any atom is -0.456 e. The summed E-state index contributed by atoms with van der Waals surface area (Å²) < 4.78 is 9.21. The molecule has 0 bridgehead atoms. The number of hydrogen-bond acceptors (Lipinski definition) is 8. The van der Waals surface area contributed by atoms with Crippen LogP contribution in [0.1, 0.15) is 86.5 Å². The Morgan fingerprint density at radius 2 is 0.500 bits per heavy atom. The van der Waals surface area contributed by atoms with Crippen LogP contribution in [0.25, 0.3) is 177 Å². The molecule has 8 heteroatoms. The first kappa shape index (κ1) is 65.4. The van der Waals surface area contributed by atoms with Crippen molar-refractivity contribution >= 4 is 53.4 Å². The molecule has 0 amide bonds. The highest BCUT2D eigenvalue weighted by atomic mass is 32.1. The van der Waals surface area contributed by atoms with E-state index in [0.29, 0.717) is 34.9 Å². The van der Waals surface area contributed by atoms with Crippen molar-refractivity contribution < 1.29 is 4.42 Å². The number of benzene rings is 14. The zero-order valence-electron chi connectivity index (χ0n) is 60.7. The Hall–Kier alpha value is -12.9. The predicted molar refractivity (Wildman–Crippen MR) is 453 cm³/mol. The third kappa shape index (κ3) is 11.3. The molecule has 0 saturated heterocycles. The van der Waals surface area contributed by atoms with Crippen molar-refractivity contribution in [3.05, 3.63) is 350 Å². The fourth-order valence-corrected chi connectivity index (χ4v) is 19.8. The first-order chi connectivity index (χ1) is 54.4. The molecule has 7 nitrogen and oxygen atoms in total. The molecule has 22 rings (SSSR count). The van der Waals surface area contributed by atoms with Gasteiger partial charge in [0.15, 0.2) is 34.9 Å². The standard InChI is InChI=1S/C51H37N3O.C51H37N3S/c2*1-4-13-33(14-5-1)34-21-23-36(24-22-34)49-52-48(35-15-6-2-7-16-35)53-50(54-49)38-26-28-41-40-27-25-37(31-45(40)55-46(41)32-38)39-18-12-20-44-47(39)42-17-8-9-19-43(42)51(44)29-10-3-11-30-51/h2*1-2,4-9,12-28,31-32H,3,10-11,29-30H2. The number of nitrogens with zero attached hydrogens (tertiary/aromatic N) is 6. The number of aromatic nitrogens is 6. The number of rotatable bonds is 10. The zero-order chi connectivity index (χ0) is 72.7. The smallest absolute Gasteiger partial charge is 0.164 e. The molecular formula is C102H74N6OS. The van der Waals surface area contributed by atoms with Gasteiger partial charge in [0.05, 0.1) is 0 Å². The summed E-state index contributed by atoms with van der Waals surface area (Å²) in [5, 5.41) is 4.71. The van der Waals surface area contributed by atoms with Gasteiger partial charge in [-0.3, -0.25) is 0 Å². The molecule has 4 heterocycles. The summed E-state index contributed by atoms with van der Waals surface area (Å²) in [6.07, 6.45) is 12.8. The second-order valence-corrected chi connectivity index (χ2v) is 31.2. The van der Waals surface area contributed by atoms with E-state index < -0.39 is 0 Å². The SMILES string of the molecule is c1ccc(-c2ccc(-c3nc(-c4ccccc4)nc(-c4ccc5c(c4)oc4cc(-c6cccc7c6-c6ccccc6C76CCCCC6)ccc45)n3)cc2)cc1.c1ccc(-c2ccc(-c3nc(-c4ccccc4)nc(-c4ccc5c(c4)sc4cc(-c6cccc7c6-c6ccccc6C76CCCCC6)ccc45)n3)cc2)cc1. The van der Waals surface area contributed by atoms with Gasteiger partial charge in [-0.1, -0.05) is 330 Å². The van der Waals surface area contributed by atoms with Gasteiger partial charge in [-0.25, -0.2) is 29.9 Å². The highest BCUT2D eigenvalue weighted by Gasteiger charge is 2.46. The summed E-state index contributed by atoms with van der Waals surface area (Å²) in [6, 6.07) is 117. The van der Waals surface area contributed by atoms with Crippen molar-refractivity contribution in [2.45, 2.75) is 75.0 Å². The van der Waals surface area contributed by atoms with Crippen molar-refractivity contribution in [1.29, 1.82) is 0 Å². The molecule has 4 aromatic heterocycles. The van der Waals surface area contributed by atoms with E-state index in [2.05, 4.69) is 267 Å². The minimum absolute atomic E-state index is 0.126. The summed E-state index contributed by atoms with van der Waals surface area (Å²) >= 11 is 1.85. The van der Waals surface area contributed by atoms with Crippen LogP contribution in [0, 0.1) is 0 Å². The van der Waals surface area contributed by atoms with E-state index in [4.69, 9.17) is 34.3 Å². The first-order valence-corrected chi connectivity index (χ1v) is 39.6. The van der Waals surface area contributed by atoms with Crippen molar-refractivity contribution in [1.82, 2.24) is 29.9 Å². The molecule has 0 unspecified atom stereocenters. The summed E-state index contributed by atoms with van der Waals surface area (Å²) in [5.74, 6) is 3.87. The zero-order valence-corrected chi connectivity index (χ0v) is 61.6. The van der Waals surface area contributed by atoms with Crippen LogP contribution in [0.2, 0.25) is 0 Å². The fourth-order valence-electron chi connectivity index (χ4n) is 18.6. The first-order valence-electron chi connectivity index (χ1n) is 38.8. The lowest BCUT2D eigenvalue weighted by Crippen LogP contribution is -2.27. The monoisotopic (exact) mass is 1430 g/mol. The van der Waals surface area contributed by atoms with Gasteiger partial charge >= 0.3 is 0 Å². The molecule has 4 aliphatic carbocycles. The molecule has 110 heavy (non-hydrogen) atoms. The van der Waals surface area contributed by atoms with Crippen LogP contribution >= 0.6 is 11.3 Å². The molecular weight excluding hydrogens is 1360 g/mol. The van der Waals surface area contributed by atoms with Crippen molar-refractivity contribution in [3.8, 4) is 135 Å². The molecule has 524 valence electrons. The van der Waals surface area contributed by atoms with Crippen LogP contribution in [0.3, 0.4) is 0 Å². The van der Waals surface area contributed by atoms with Gasteiger partial charge in [0.1, 0.15) is 11.2 Å². The number of furan rings is 1. The molecule has 2 fully saturated rings. The molecule has 2 spiro atoms. The van der Waals surface area contributed by atoms with Crippen molar-refractivity contribution in [2.24, 2.45) is 0 Å². The molecule has 0 atom stereocenters. The van der Waals surface area contributed by atoms with Crippen LogP contribution in [-0.4, -0.2) is 29.9 Å². The van der Waals surface area contributed by atoms with E-state index in [1.165, 1.54) is 162 Å². The Kier molecular flexibility index (Phi) is 16.1. The topological polar surface area (TPSA) is 90.5 Å². The van der Waals surface area contributed by atoms with E-state index in [-0.39, 0.29) is 10.8 Å². The van der Waals surface area contributed by atoms with Crippen LogP contribution in [-0.2, 0) is 10.8 Å². The number of hydrogen-bond donors (Lipinski definition) is 0. The average Bonchev–Trinajstić information content (AvgIpc) is 1.56. The molecule has 2 saturated carbocycles. The maximum absolute atomic E-state index is 6.69. The van der Waals surface area contributed by atoms with Crippen LogP contribution in [0.5, 0.6) is 0 Å². The Morgan fingerprint density at radius 1 is 0.218 bits per heavy atom. The molecule has 0 aliphatic heterocycles. The van der Waals surface area contributed by atoms with Gasteiger partial charge in [-0.2, -0.15) is 0 Å². The van der Waals surface area contributed by atoms with Gasteiger partial charge in [-0.15, -0.1) is 11.3 Å². The Bertz CT molecular complexity index is 6180. The molecule has 18 aromatic rings. The largest absolute Gasteiger partial charge is 0.456 e. The Morgan fingerprint density at radius 3 is 0.927 bits per heavy atom. The van der Waals surface area contributed by atoms with E-state index in [1.807, 2.05) is 72.0 Å². The van der Waals surface area contributed by atoms with Crippen molar-refractivity contribution in [3.63, 3.8) is 0 Å². The van der Waals surface area contributed by atoms with Crippen LogP contribution in [0.15, 0.2) is 332 Å². The predicted octanol–water partition coefficient (Wildman–Crippen LogP) is 27.1. The lowest BCUT2D eigenvalue weighted by Gasteiger charge is -2.36. The highest BCUT2D eigenvalue weighted by Crippen LogP contribution is 2.60. The quantitative estimate of drug-likeness (QED) is 0.135. The van der Waals surface area contributed by atoms with Crippen LogP contribution in [0.4, 0.5) is 0 Å². The van der Waals surface area contributed by atoms with Gasteiger partial charge in [-0.05, 0) is 151 Å². The number of thiophene rings is 1. The van der Waals surface area contributed by atoms with Gasteiger partial charge in [0.25, 0.3) is 0 Å². The highest BCUT2D eigenvalue weighted by molar-refractivity contribution is 7.25. The lowest BCUT2D eigenvalue weighted by molar-refractivity contribution is 0.353. The second-order valence-electron chi connectivity index (χ2n) is 30.1. The number of fused-ring (bicyclic) bond motifs is 16. The summed E-state index contributed by atoms with van der Waals surface area (Å²) in [6.45, 7) is 0. The summed E-state index contributed by atoms with van der Waals surface area (Å²) in [7, 11) is 0. The third-order valence-corrected chi connectivity index (χ3v) is 25.0. The van der Waals surface area contributed by atoms with Crippen LogP contribution < -0.4 is 0 Å². The normalized spacial score (nSPS) is 14.3. The second kappa shape index (κ2) is 27.1. The van der Waals surface area contributed by atoms with E-state index in [9.17, 15) is 0 Å². The maximum Gasteiger partial charge on any atom is 0.164 e. The van der Waals surface area contributed by atoms with E-state index >= 15 is 0 Å². The Balaban J connectivity index is 0.000000140. The molecule has 0 radical (unpaired) electrons. The third-order valence-electron chi connectivity index (χ3n) is 23.9. The van der Waals surface area contributed by atoms with E-state index in [1.54, 1.807) is 0 Å².